The Balaban J connectivity index is 1.73. The predicted octanol–water partition coefficient (Wildman–Crippen LogP) is 5.82. The van der Waals surface area contributed by atoms with E-state index in [0.29, 0.717) is 12.2 Å². The number of allylic oxidation sites excluding steroid dienone is 2. The molecule has 0 heterocycles. The van der Waals surface area contributed by atoms with E-state index >= 15 is 0 Å². The second-order valence-corrected chi connectivity index (χ2v) is 6.84. The summed E-state index contributed by atoms with van der Waals surface area (Å²) >= 11 is 0. The van der Waals surface area contributed by atoms with Crippen LogP contribution in [0.15, 0.2) is 91.0 Å². The molecule has 0 amide bonds. The van der Waals surface area contributed by atoms with E-state index in [1.807, 2.05) is 42.5 Å². The van der Waals surface area contributed by atoms with Crippen molar-refractivity contribution in [1.29, 1.82) is 0 Å². The molecule has 0 fully saturated rings. The first-order valence-electron chi connectivity index (χ1n) is 9.23. The van der Waals surface area contributed by atoms with Crippen LogP contribution in [-0.2, 0) is 11.2 Å². The molecule has 1 atom stereocenters. The highest BCUT2D eigenvalue weighted by Crippen LogP contribution is 2.44. The van der Waals surface area contributed by atoms with Crippen LogP contribution in [0.3, 0.4) is 0 Å². The molecule has 1 aliphatic carbocycles. The number of benzene rings is 3. The van der Waals surface area contributed by atoms with Crippen molar-refractivity contribution in [3.63, 3.8) is 0 Å². The molecule has 1 nitrogen and oxygen atoms in total. The van der Waals surface area contributed by atoms with Gasteiger partial charge in [0.2, 0.25) is 0 Å². The monoisotopic (exact) mass is 338 g/mol. The van der Waals surface area contributed by atoms with Crippen molar-refractivity contribution in [2.24, 2.45) is 5.92 Å². The van der Waals surface area contributed by atoms with Gasteiger partial charge in [-0.15, -0.1) is 0 Å². The first-order chi connectivity index (χ1) is 12.8. The fourth-order valence-electron chi connectivity index (χ4n) is 3.95. The maximum Gasteiger partial charge on any atom is 0.144 e. The molecular formula is C25H22O. The Morgan fingerprint density at radius 1 is 0.731 bits per heavy atom. The molecule has 0 bridgehead atoms. The second-order valence-electron chi connectivity index (χ2n) is 6.84. The Kier molecular flexibility index (Phi) is 4.79. The van der Waals surface area contributed by atoms with Crippen LogP contribution in [-0.4, -0.2) is 5.78 Å². The van der Waals surface area contributed by atoms with Gasteiger partial charge in [0.1, 0.15) is 5.78 Å². The summed E-state index contributed by atoms with van der Waals surface area (Å²) in [5, 5.41) is 0. The van der Waals surface area contributed by atoms with Crippen molar-refractivity contribution in [2.45, 2.75) is 19.3 Å². The Morgan fingerprint density at radius 3 is 1.88 bits per heavy atom. The average Bonchev–Trinajstić information content (AvgIpc) is 3.15. The Labute approximate surface area is 155 Å². The lowest BCUT2D eigenvalue weighted by Gasteiger charge is -2.16. The summed E-state index contributed by atoms with van der Waals surface area (Å²) in [6, 6.07) is 31.0. The zero-order chi connectivity index (χ0) is 17.8. The number of ketones is 1. The number of rotatable bonds is 5. The third kappa shape index (κ3) is 3.39. The van der Waals surface area contributed by atoms with Gasteiger partial charge in [0.15, 0.2) is 0 Å². The van der Waals surface area contributed by atoms with Gasteiger partial charge in [-0.25, -0.2) is 0 Å². The van der Waals surface area contributed by atoms with E-state index in [1.165, 1.54) is 22.3 Å². The van der Waals surface area contributed by atoms with Crippen LogP contribution in [0, 0.1) is 5.92 Å². The van der Waals surface area contributed by atoms with E-state index in [2.05, 4.69) is 48.5 Å². The van der Waals surface area contributed by atoms with Gasteiger partial charge in [0, 0.05) is 12.3 Å². The maximum absolute atomic E-state index is 13.1. The summed E-state index contributed by atoms with van der Waals surface area (Å²) in [5.74, 6) is 0.300. The van der Waals surface area contributed by atoms with Crippen LogP contribution in [0.1, 0.15) is 29.5 Å². The Morgan fingerprint density at radius 2 is 1.27 bits per heavy atom. The molecule has 0 aliphatic heterocycles. The Hall–Kier alpha value is -2.93. The third-order valence-corrected chi connectivity index (χ3v) is 5.17. The molecule has 0 spiro atoms. The smallest absolute Gasteiger partial charge is 0.144 e. The van der Waals surface area contributed by atoms with Gasteiger partial charge in [0.25, 0.3) is 0 Å². The number of carbonyl (C=O) groups excluding carboxylic acids is 1. The summed E-state index contributed by atoms with van der Waals surface area (Å²) in [6.07, 6.45) is 2.36. The zero-order valence-corrected chi connectivity index (χ0v) is 14.8. The highest BCUT2D eigenvalue weighted by molar-refractivity contribution is 6.05. The van der Waals surface area contributed by atoms with Gasteiger partial charge in [-0.1, -0.05) is 91.0 Å². The van der Waals surface area contributed by atoms with E-state index in [0.717, 1.165) is 18.4 Å². The highest BCUT2D eigenvalue weighted by Gasteiger charge is 2.32. The lowest BCUT2D eigenvalue weighted by Crippen LogP contribution is -2.16. The standard InChI is InChI=1S/C25H22O/c26-24(18-19-10-4-1-5-11-19)23-17-16-22(20-12-6-2-7-13-20)25(23)21-14-8-3-9-15-21/h1-15,23H,16-18H2. The van der Waals surface area contributed by atoms with Crippen LogP contribution >= 0.6 is 0 Å². The van der Waals surface area contributed by atoms with Crippen LogP contribution in [0.5, 0.6) is 0 Å². The first-order valence-corrected chi connectivity index (χ1v) is 9.23. The topological polar surface area (TPSA) is 17.1 Å². The summed E-state index contributed by atoms with van der Waals surface area (Å²) in [6.45, 7) is 0. The minimum Gasteiger partial charge on any atom is -0.299 e. The van der Waals surface area contributed by atoms with Crippen molar-refractivity contribution in [1.82, 2.24) is 0 Å². The molecule has 3 aromatic rings. The Bertz CT molecular complexity index is 908. The summed E-state index contributed by atoms with van der Waals surface area (Å²) in [4.78, 5) is 13.1. The molecule has 0 saturated carbocycles. The molecule has 26 heavy (non-hydrogen) atoms. The molecule has 0 saturated heterocycles. The van der Waals surface area contributed by atoms with Gasteiger partial charge >= 0.3 is 0 Å². The SMILES string of the molecule is O=C(Cc1ccccc1)C1CCC(c2ccccc2)=C1c1ccccc1. The molecule has 0 N–H and O–H groups in total. The molecule has 3 aromatic carbocycles. The minimum atomic E-state index is -0.0205. The normalized spacial score (nSPS) is 16.7. The van der Waals surface area contributed by atoms with Gasteiger partial charge in [-0.2, -0.15) is 0 Å². The van der Waals surface area contributed by atoms with Crippen molar-refractivity contribution >= 4 is 16.9 Å². The quantitative estimate of drug-likeness (QED) is 0.573. The molecule has 128 valence electrons. The van der Waals surface area contributed by atoms with Crippen LogP contribution in [0.25, 0.3) is 11.1 Å². The molecule has 0 radical (unpaired) electrons. The fourth-order valence-corrected chi connectivity index (χ4v) is 3.95. The summed E-state index contributed by atoms with van der Waals surface area (Å²) < 4.78 is 0. The molecular weight excluding hydrogens is 316 g/mol. The number of Topliss-reactive ketones (excluding diaryl/α,β-unsaturated/α-hetero) is 1. The lowest BCUT2D eigenvalue weighted by atomic mass is 9.87. The largest absolute Gasteiger partial charge is 0.299 e. The number of hydrogen-bond acceptors (Lipinski definition) is 1. The molecule has 1 heteroatoms. The van der Waals surface area contributed by atoms with Gasteiger partial charge in [0.05, 0.1) is 0 Å². The lowest BCUT2D eigenvalue weighted by molar-refractivity contribution is -0.120. The van der Waals surface area contributed by atoms with Crippen LogP contribution in [0.4, 0.5) is 0 Å². The van der Waals surface area contributed by atoms with E-state index in [9.17, 15) is 4.79 Å². The number of hydrogen-bond donors (Lipinski definition) is 0. The maximum atomic E-state index is 13.1. The van der Waals surface area contributed by atoms with E-state index in [1.54, 1.807) is 0 Å². The average molecular weight is 338 g/mol. The second kappa shape index (κ2) is 7.53. The van der Waals surface area contributed by atoms with Crippen molar-refractivity contribution in [2.75, 3.05) is 0 Å². The third-order valence-electron chi connectivity index (χ3n) is 5.17. The van der Waals surface area contributed by atoms with Gasteiger partial charge in [-0.05, 0) is 40.7 Å². The van der Waals surface area contributed by atoms with Crippen LogP contribution < -0.4 is 0 Å². The van der Waals surface area contributed by atoms with Gasteiger partial charge in [-0.3, -0.25) is 4.79 Å². The van der Waals surface area contributed by atoms with Crippen molar-refractivity contribution < 1.29 is 4.79 Å². The van der Waals surface area contributed by atoms with Crippen molar-refractivity contribution in [3.05, 3.63) is 108 Å². The van der Waals surface area contributed by atoms with Gasteiger partial charge < -0.3 is 0 Å². The summed E-state index contributed by atoms with van der Waals surface area (Å²) in [7, 11) is 0. The molecule has 1 aliphatic rings. The minimum absolute atomic E-state index is 0.0205. The molecule has 1 unspecified atom stereocenters. The number of carbonyl (C=O) groups is 1. The fraction of sp³-hybridized carbons (Fsp3) is 0.160. The highest BCUT2D eigenvalue weighted by atomic mass is 16.1. The van der Waals surface area contributed by atoms with E-state index in [4.69, 9.17) is 0 Å². The van der Waals surface area contributed by atoms with E-state index < -0.39 is 0 Å². The zero-order valence-electron chi connectivity index (χ0n) is 14.8. The molecule has 0 aromatic heterocycles. The summed E-state index contributed by atoms with van der Waals surface area (Å²) in [5.41, 5.74) is 6.05. The molecule has 4 rings (SSSR count). The predicted molar refractivity (Wildman–Crippen MR) is 108 cm³/mol. The first kappa shape index (κ1) is 16.5. The van der Waals surface area contributed by atoms with E-state index in [-0.39, 0.29) is 5.92 Å². The van der Waals surface area contributed by atoms with Crippen molar-refractivity contribution in [3.8, 4) is 0 Å². The van der Waals surface area contributed by atoms with Crippen LogP contribution in [0.2, 0.25) is 0 Å².